The summed E-state index contributed by atoms with van der Waals surface area (Å²) in [6, 6.07) is 18.3. The van der Waals surface area contributed by atoms with Gasteiger partial charge in [-0.25, -0.2) is 13.2 Å². The number of rotatable bonds is 14. The number of carbonyl (C=O) groups is 2. The van der Waals surface area contributed by atoms with E-state index in [4.69, 9.17) is 17.3 Å². The lowest BCUT2D eigenvalue weighted by molar-refractivity contribution is -0.122. The number of amides is 3. The average Bonchev–Trinajstić information content (AvgIpc) is 2.98. The number of sulfonamides is 1. The molecule has 1 unspecified atom stereocenters. The van der Waals surface area contributed by atoms with Crippen LogP contribution in [0.25, 0.3) is 0 Å². The molecular formula is C34H45ClN4O4S. The van der Waals surface area contributed by atoms with Crippen LogP contribution in [0.1, 0.15) is 71.4 Å². The maximum Gasteiger partial charge on any atom is 0.320 e. The van der Waals surface area contributed by atoms with Crippen molar-refractivity contribution in [2.45, 2.75) is 83.1 Å². The van der Waals surface area contributed by atoms with Crippen LogP contribution in [0, 0.1) is 5.92 Å². The van der Waals surface area contributed by atoms with Crippen molar-refractivity contribution in [2.24, 2.45) is 11.7 Å². The molecule has 4 N–H and O–H groups in total. The van der Waals surface area contributed by atoms with E-state index in [1.54, 1.807) is 60.7 Å². The maximum atomic E-state index is 13.6. The van der Waals surface area contributed by atoms with Gasteiger partial charge in [0.1, 0.15) is 6.04 Å². The van der Waals surface area contributed by atoms with Gasteiger partial charge in [-0.05, 0) is 77.4 Å². The second kappa shape index (κ2) is 15.4. The first kappa shape index (κ1) is 34.9. The van der Waals surface area contributed by atoms with Gasteiger partial charge in [0, 0.05) is 29.4 Å². The number of halogens is 1. The first-order valence-corrected chi connectivity index (χ1v) is 17.0. The van der Waals surface area contributed by atoms with E-state index in [1.807, 2.05) is 12.1 Å². The van der Waals surface area contributed by atoms with Gasteiger partial charge in [-0.2, -0.15) is 0 Å². The summed E-state index contributed by atoms with van der Waals surface area (Å²) in [6.45, 7) is 10.9. The Kier molecular flexibility index (Phi) is 12.3. The molecule has 0 bridgehead atoms. The van der Waals surface area contributed by atoms with E-state index in [0.717, 1.165) is 36.8 Å². The van der Waals surface area contributed by atoms with E-state index in [2.05, 4.69) is 44.7 Å². The Morgan fingerprint density at radius 2 is 1.55 bits per heavy atom. The van der Waals surface area contributed by atoms with Gasteiger partial charge in [-0.15, -0.1) is 0 Å². The topological polar surface area (TPSA) is 122 Å². The highest BCUT2D eigenvalue weighted by Gasteiger charge is 2.31. The lowest BCUT2D eigenvalue weighted by Crippen LogP contribution is -2.53. The molecule has 0 spiro atoms. The van der Waals surface area contributed by atoms with Crippen LogP contribution in [0.3, 0.4) is 0 Å². The first-order valence-electron chi connectivity index (χ1n) is 15.1. The largest absolute Gasteiger partial charge is 0.354 e. The molecule has 0 aliphatic rings. The molecule has 0 radical (unpaired) electrons. The van der Waals surface area contributed by atoms with Gasteiger partial charge >= 0.3 is 6.03 Å². The molecule has 8 nitrogen and oxygen atoms in total. The molecule has 3 rings (SSSR count). The Hall–Kier alpha value is -3.56. The summed E-state index contributed by atoms with van der Waals surface area (Å²) >= 11 is 6.07. The summed E-state index contributed by atoms with van der Waals surface area (Å²) in [5, 5.41) is 3.61. The van der Waals surface area contributed by atoms with E-state index < -0.39 is 22.1 Å². The molecule has 10 heteroatoms. The lowest BCUT2D eigenvalue weighted by atomic mass is 9.87. The molecule has 0 aromatic heterocycles. The van der Waals surface area contributed by atoms with E-state index in [9.17, 15) is 18.0 Å². The number of urea groups is 1. The van der Waals surface area contributed by atoms with Gasteiger partial charge in [0.2, 0.25) is 5.91 Å². The Morgan fingerprint density at radius 3 is 2.07 bits per heavy atom. The minimum absolute atomic E-state index is 0.104. The Labute approximate surface area is 267 Å². The van der Waals surface area contributed by atoms with Crippen LogP contribution < -0.4 is 20.7 Å². The number of hydrogen-bond acceptors (Lipinski definition) is 4. The fraction of sp³-hybridized carbons (Fsp3) is 0.412. The number of anilines is 2. The molecule has 0 heterocycles. The quantitative estimate of drug-likeness (QED) is 0.172. The van der Waals surface area contributed by atoms with Crippen molar-refractivity contribution in [3.05, 3.63) is 88.9 Å². The van der Waals surface area contributed by atoms with Crippen molar-refractivity contribution >= 4 is 44.9 Å². The van der Waals surface area contributed by atoms with Gasteiger partial charge in [0.05, 0.1) is 4.90 Å². The Balaban J connectivity index is 1.86. The Morgan fingerprint density at radius 1 is 0.932 bits per heavy atom. The number of primary amides is 1. The van der Waals surface area contributed by atoms with Crippen molar-refractivity contribution in [1.29, 1.82) is 0 Å². The van der Waals surface area contributed by atoms with Crippen molar-refractivity contribution < 1.29 is 18.0 Å². The molecule has 2 atom stereocenters. The van der Waals surface area contributed by atoms with Crippen LogP contribution in [0.2, 0.25) is 5.02 Å². The third-order valence-corrected chi connectivity index (χ3v) is 9.38. The number of hydrogen-bond donors (Lipinski definition) is 3. The molecule has 0 aliphatic heterocycles. The summed E-state index contributed by atoms with van der Waals surface area (Å²) in [7, 11) is -3.85. The minimum Gasteiger partial charge on any atom is -0.354 e. The average molecular weight is 641 g/mol. The number of nitrogens with zero attached hydrogens (tertiary/aromatic N) is 1. The van der Waals surface area contributed by atoms with E-state index >= 15 is 0 Å². The van der Waals surface area contributed by atoms with Crippen molar-refractivity contribution in [3.63, 3.8) is 0 Å². The van der Waals surface area contributed by atoms with E-state index in [0.29, 0.717) is 28.9 Å². The normalized spacial score (nSPS) is 13.1. The zero-order valence-electron chi connectivity index (χ0n) is 26.3. The van der Waals surface area contributed by atoms with Gasteiger partial charge in [0.25, 0.3) is 10.0 Å². The monoisotopic (exact) mass is 640 g/mol. The second-order valence-electron chi connectivity index (χ2n) is 12.1. The maximum absolute atomic E-state index is 13.6. The van der Waals surface area contributed by atoms with Gasteiger partial charge in [0.15, 0.2) is 0 Å². The summed E-state index contributed by atoms with van der Waals surface area (Å²) in [4.78, 5) is 27.9. The van der Waals surface area contributed by atoms with Crippen LogP contribution in [-0.4, -0.2) is 32.9 Å². The molecule has 238 valence electrons. The summed E-state index contributed by atoms with van der Waals surface area (Å²) in [6.07, 6.45) is 4.30. The van der Waals surface area contributed by atoms with Crippen LogP contribution in [0.15, 0.2) is 77.7 Å². The molecular weight excluding hydrogens is 596 g/mol. The zero-order valence-corrected chi connectivity index (χ0v) is 27.8. The van der Waals surface area contributed by atoms with Crippen molar-refractivity contribution in [1.82, 2.24) is 5.32 Å². The fourth-order valence-electron chi connectivity index (χ4n) is 4.95. The van der Waals surface area contributed by atoms with Crippen LogP contribution in [-0.2, 0) is 26.7 Å². The third-order valence-electron chi connectivity index (χ3n) is 7.73. The summed E-state index contributed by atoms with van der Waals surface area (Å²) in [5.41, 5.74) is 8.26. The highest BCUT2D eigenvalue weighted by molar-refractivity contribution is 7.92. The van der Waals surface area contributed by atoms with Gasteiger partial charge in [-0.1, -0.05) is 89.7 Å². The first-order chi connectivity index (χ1) is 20.7. The standard InChI is InChI=1S/C34H45ClN4O4S/c1-6-8-9-24(7-2)23-37-32(40)31(22-25-10-14-27(35)15-11-25)39(33(36)41)29-18-16-28(17-19-29)38-44(42,43)30-20-12-26(13-21-30)34(3,4)5/h10-21,24,31,38H,6-9,22-23H2,1-5H3,(H2,36,41)(H,37,40)/t24?,31-/m1/s1. The van der Waals surface area contributed by atoms with Gasteiger partial charge < -0.3 is 11.1 Å². The number of carbonyl (C=O) groups excluding carboxylic acids is 2. The lowest BCUT2D eigenvalue weighted by Gasteiger charge is -2.30. The van der Waals surface area contributed by atoms with Crippen LogP contribution >= 0.6 is 11.6 Å². The van der Waals surface area contributed by atoms with Gasteiger partial charge in [-0.3, -0.25) is 14.4 Å². The van der Waals surface area contributed by atoms with E-state index in [1.165, 1.54) is 4.90 Å². The highest BCUT2D eigenvalue weighted by Crippen LogP contribution is 2.27. The Bertz CT molecular complexity index is 1490. The molecule has 0 fully saturated rings. The molecule has 3 amide bonds. The smallest absolute Gasteiger partial charge is 0.320 e. The molecule has 3 aromatic rings. The SMILES string of the molecule is CCCCC(CC)CNC(=O)[C@@H](Cc1ccc(Cl)cc1)N(C(N)=O)c1ccc(NS(=O)(=O)c2ccc(C(C)(C)C)cc2)cc1. The molecule has 3 aromatic carbocycles. The number of unbranched alkanes of at least 4 members (excludes halogenated alkanes) is 1. The predicted octanol–water partition coefficient (Wildman–Crippen LogP) is 7.27. The van der Waals surface area contributed by atoms with Crippen molar-refractivity contribution in [2.75, 3.05) is 16.2 Å². The minimum atomic E-state index is -3.85. The van der Waals surface area contributed by atoms with Crippen LogP contribution in [0.4, 0.5) is 16.2 Å². The van der Waals surface area contributed by atoms with E-state index in [-0.39, 0.29) is 22.6 Å². The highest BCUT2D eigenvalue weighted by atomic mass is 35.5. The van der Waals surface area contributed by atoms with Crippen molar-refractivity contribution in [3.8, 4) is 0 Å². The third kappa shape index (κ3) is 9.72. The predicted molar refractivity (Wildman–Crippen MR) is 180 cm³/mol. The number of nitrogens with one attached hydrogen (secondary N) is 2. The number of nitrogens with two attached hydrogens (primary N) is 1. The summed E-state index contributed by atoms with van der Waals surface area (Å²) < 4.78 is 28.7. The molecule has 0 saturated heterocycles. The number of benzene rings is 3. The fourth-order valence-corrected chi connectivity index (χ4v) is 6.13. The molecule has 44 heavy (non-hydrogen) atoms. The molecule has 0 saturated carbocycles. The second-order valence-corrected chi connectivity index (χ2v) is 14.3. The molecule has 0 aliphatic carbocycles. The zero-order chi connectivity index (χ0) is 32.5. The van der Waals surface area contributed by atoms with Crippen LogP contribution in [0.5, 0.6) is 0 Å². The summed E-state index contributed by atoms with van der Waals surface area (Å²) in [5.74, 6) is 0.00580.